The van der Waals surface area contributed by atoms with Crippen molar-refractivity contribution in [3.8, 4) is 0 Å². The highest BCUT2D eigenvalue weighted by Crippen LogP contribution is 2.24. The Morgan fingerprint density at radius 3 is 2.70 bits per heavy atom. The van der Waals surface area contributed by atoms with Gasteiger partial charge in [-0.3, -0.25) is 15.1 Å². The molecule has 128 valence electrons. The Kier molecular flexibility index (Phi) is 7.66. The van der Waals surface area contributed by atoms with Gasteiger partial charge >= 0.3 is 5.97 Å². The van der Waals surface area contributed by atoms with Crippen LogP contribution in [0.1, 0.15) is 57.8 Å². The van der Waals surface area contributed by atoms with Gasteiger partial charge in [0, 0.05) is 18.8 Å². The van der Waals surface area contributed by atoms with Crippen LogP contribution in [0.25, 0.3) is 0 Å². The van der Waals surface area contributed by atoms with Crippen LogP contribution in [0.3, 0.4) is 0 Å². The van der Waals surface area contributed by atoms with Crippen LogP contribution in [0.5, 0.6) is 0 Å². The Hall–Kier alpha value is -1.82. The lowest BCUT2D eigenvalue weighted by atomic mass is 10.1. The van der Waals surface area contributed by atoms with E-state index in [1.165, 1.54) is 31.3 Å². The highest BCUT2D eigenvalue weighted by atomic mass is 16.6. The summed E-state index contributed by atoms with van der Waals surface area (Å²) in [4.78, 5) is 20.2. The van der Waals surface area contributed by atoms with E-state index in [1.807, 2.05) is 17.1 Å². The molecule has 0 bridgehead atoms. The van der Waals surface area contributed by atoms with Crippen molar-refractivity contribution in [1.29, 1.82) is 0 Å². The fraction of sp³-hybridized carbons (Fsp3) is 0.647. The zero-order valence-electron chi connectivity index (χ0n) is 13.7. The molecular weight excluding hydrogens is 294 g/mol. The summed E-state index contributed by atoms with van der Waals surface area (Å²) in [5, 5.41) is 8.63. The second-order valence-corrected chi connectivity index (χ2v) is 6.03. The number of hydrogen-bond acceptors (Lipinski definition) is 4. The largest absolute Gasteiger partial charge is 0.481 e. The molecule has 1 aliphatic carbocycles. The van der Waals surface area contributed by atoms with Crippen LogP contribution in [0.2, 0.25) is 0 Å². The number of aliphatic carboxylic acids is 1. The molecule has 0 atom stereocenters. The van der Waals surface area contributed by atoms with Crippen molar-refractivity contribution in [2.75, 3.05) is 6.61 Å². The normalized spacial score (nSPS) is 15.2. The van der Waals surface area contributed by atoms with Crippen molar-refractivity contribution in [1.82, 2.24) is 15.0 Å². The molecule has 0 amide bonds. The van der Waals surface area contributed by atoms with Crippen molar-refractivity contribution < 1.29 is 14.7 Å². The third-order valence-electron chi connectivity index (χ3n) is 4.12. The number of carboxylic acid groups (broad SMARTS) is 1. The number of hydrogen-bond donors (Lipinski definition) is 2. The van der Waals surface area contributed by atoms with Crippen molar-refractivity contribution in [2.24, 2.45) is 0 Å². The molecule has 0 aliphatic heterocycles. The number of nitrogens with zero attached hydrogens (tertiary/aromatic N) is 2. The van der Waals surface area contributed by atoms with Crippen LogP contribution in [-0.2, 0) is 16.2 Å². The average molecular weight is 321 g/mol. The molecule has 2 N–H and O–H groups in total. The minimum Gasteiger partial charge on any atom is -0.481 e. The Morgan fingerprint density at radius 1 is 1.26 bits per heavy atom. The molecule has 1 fully saturated rings. The van der Waals surface area contributed by atoms with Crippen molar-refractivity contribution in [3.63, 3.8) is 0 Å². The Balaban J connectivity index is 1.85. The minimum absolute atomic E-state index is 0.201. The van der Waals surface area contributed by atoms with Gasteiger partial charge in [0.2, 0.25) is 0 Å². The van der Waals surface area contributed by atoms with Crippen LogP contribution in [0, 0.1) is 0 Å². The van der Waals surface area contributed by atoms with E-state index in [-0.39, 0.29) is 6.42 Å². The number of unbranched alkanes of at least 4 members (excludes halogenated alkanes) is 1. The molecule has 0 unspecified atom stereocenters. The van der Waals surface area contributed by atoms with Gasteiger partial charge in [-0.15, -0.1) is 0 Å². The van der Waals surface area contributed by atoms with Gasteiger partial charge in [0.05, 0.1) is 25.2 Å². The number of carboxylic acids is 1. The molecule has 23 heavy (non-hydrogen) atoms. The second kappa shape index (κ2) is 10.0. The van der Waals surface area contributed by atoms with Crippen LogP contribution in [0.4, 0.5) is 0 Å². The predicted octanol–water partition coefficient (Wildman–Crippen LogP) is 3.27. The van der Waals surface area contributed by atoms with Gasteiger partial charge in [-0.05, 0) is 44.1 Å². The average Bonchev–Trinajstić information content (AvgIpc) is 2.89. The molecule has 1 saturated carbocycles. The molecule has 0 radical (unpaired) electrons. The maximum atomic E-state index is 10.5. The van der Waals surface area contributed by atoms with Crippen LogP contribution >= 0.6 is 0 Å². The summed E-state index contributed by atoms with van der Waals surface area (Å²) in [5.41, 5.74) is 5.70. The molecule has 6 heteroatoms. The number of imidazole rings is 1. The van der Waals surface area contributed by atoms with Crippen molar-refractivity contribution in [3.05, 3.63) is 30.0 Å². The molecule has 1 aliphatic rings. The molecule has 1 heterocycles. The van der Waals surface area contributed by atoms with E-state index in [4.69, 9.17) is 9.94 Å². The van der Waals surface area contributed by atoms with Gasteiger partial charge in [0.25, 0.3) is 0 Å². The van der Waals surface area contributed by atoms with E-state index < -0.39 is 5.97 Å². The number of hydroxylamine groups is 1. The molecule has 1 aromatic rings. The smallest absolute Gasteiger partial charge is 0.303 e. The quantitative estimate of drug-likeness (QED) is 0.415. The molecular formula is C17H27N3O3. The fourth-order valence-electron chi connectivity index (χ4n) is 2.82. The van der Waals surface area contributed by atoms with Gasteiger partial charge in [-0.1, -0.05) is 12.8 Å². The van der Waals surface area contributed by atoms with Gasteiger partial charge in [0.1, 0.15) is 0 Å². The maximum absolute atomic E-state index is 10.5. The fourth-order valence-corrected chi connectivity index (χ4v) is 2.82. The topological polar surface area (TPSA) is 76.4 Å². The summed E-state index contributed by atoms with van der Waals surface area (Å²) in [5.74, 6) is -0.751. The lowest BCUT2D eigenvalue weighted by Crippen LogP contribution is -2.21. The van der Waals surface area contributed by atoms with Crippen LogP contribution in [-0.4, -0.2) is 27.2 Å². The van der Waals surface area contributed by atoms with E-state index in [0.717, 1.165) is 31.5 Å². The predicted molar refractivity (Wildman–Crippen MR) is 87.5 cm³/mol. The number of aromatic nitrogens is 2. The maximum Gasteiger partial charge on any atom is 0.303 e. The second-order valence-electron chi connectivity index (χ2n) is 6.03. The summed E-state index contributed by atoms with van der Waals surface area (Å²) >= 11 is 0. The first-order valence-electron chi connectivity index (χ1n) is 8.52. The third kappa shape index (κ3) is 6.86. The first-order chi connectivity index (χ1) is 11.3. The SMILES string of the molecule is O=C(O)CCCCONC(Cn1ccnc1)=C1CCCCCC1. The highest BCUT2D eigenvalue weighted by molar-refractivity contribution is 5.66. The zero-order chi connectivity index (χ0) is 16.3. The number of nitrogens with one attached hydrogen (secondary N) is 1. The molecule has 1 aromatic heterocycles. The summed E-state index contributed by atoms with van der Waals surface area (Å²) in [6.45, 7) is 1.26. The van der Waals surface area contributed by atoms with E-state index >= 15 is 0 Å². The highest BCUT2D eigenvalue weighted by Gasteiger charge is 2.11. The van der Waals surface area contributed by atoms with Gasteiger partial charge in [-0.2, -0.15) is 0 Å². The summed E-state index contributed by atoms with van der Waals surface area (Å²) in [7, 11) is 0. The number of carbonyl (C=O) groups is 1. The lowest BCUT2D eigenvalue weighted by molar-refractivity contribution is -0.137. The van der Waals surface area contributed by atoms with Gasteiger partial charge in [0.15, 0.2) is 0 Å². The van der Waals surface area contributed by atoms with Crippen LogP contribution < -0.4 is 5.48 Å². The molecule has 0 aromatic carbocycles. The number of allylic oxidation sites excluding steroid dienone is 2. The molecule has 6 nitrogen and oxygen atoms in total. The van der Waals surface area contributed by atoms with Gasteiger partial charge in [-0.25, -0.2) is 4.98 Å². The van der Waals surface area contributed by atoms with E-state index in [9.17, 15) is 4.79 Å². The van der Waals surface area contributed by atoms with Crippen molar-refractivity contribution in [2.45, 2.75) is 64.3 Å². The Labute approximate surface area is 137 Å². The van der Waals surface area contributed by atoms with Crippen LogP contribution in [0.15, 0.2) is 30.0 Å². The Morgan fingerprint density at radius 2 is 2.04 bits per heavy atom. The van der Waals surface area contributed by atoms with E-state index in [2.05, 4.69) is 10.5 Å². The van der Waals surface area contributed by atoms with E-state index in [1.54, 1.807) is 6.20 Å². The standard InChI is InChI=1S/C17H27N3O3/c21-17(22)9-5-6-12-23-19-16(13-20-11-10-18-14-20)15-7-3-1-2-4-8-15/h10-11,14,19H,1-9,12-13H2,(H,21,22). The minimum atomic E-state index is -0.751. The lowest BCUT2D eigenvalue weighted by Gasteiger charge is -2.17. The molecule has 0 saturated heterocycles. The summed E-state index contributed by atoms with van der Waals surface area (Å²) in [6, 6.07) is 0. The monoisotopic (exact) mass is 321 g/mol. The number of rotatable bonds is 9. The van der Waals surface area contributed by atoms with Gasteiger partial charge < -0.3 is 9.67 Å². The van der Waals surface area contributed by atoms with E-state index in [0.29, 0.717) is 13.0 Å². The summed E-state index contributed by atoms with van der Waals surface area (Å²) in [6.07, 6.45) is 14.5. The Bertz CT molecular complexity index is 487. The third-order valence-corrected chi connectivity index (χ3v) is 4.12. The zero-order valence-corrected chi connectivity index (χ0v) is 13.7. The molecule has 2 rings (SSSR count). The van der Waals surface area contributed by atoms with Crippen molar-refractivity contribution >= 4 is 5.97 Å². The summed E-state index contributed by atoms with van der Waals surface area (Å²) < 4.78 is 2.04. The first-order valence-corrected chi connectivity index (χ1v) is 8.52. The first kappa shape index (κ1) is 17.5. The molecule has 0 spiro atoms.